The van der Waals surface area contributed by atoms with Crippen molar-refractivity contribution < 1.29 is 4.79 Å². The van der Waals surface area contributed by atoms with Crippen LogP contribution in [-0.2, 0) is 4.79 Å². The molecular weight excluding hydrogens is 376 g/mol. The minimum absolute atomic E-state index is 0.0944. The third-order valence-electron chi connectivity index (χ3n) is 5.81. The van der Waals surface area contributed by atoms with Crippen LogP contribution in [0.25, 0.3) is 0 Å². The molecule has 3 aliphatic rings. The zero-order valence-electron chi connectivity index (χ0n) is 12.4. The van der Waals surface area contributed by atoms with Crippen LogP contribution in [0.15, 0.2) is 18.2 Å². The second kappa shape index (κ2) is 5.69. The van der Waals surface area contributed by atoms with Gasteiger partial charge in [-0.3, -0.25) is 4.79 Å². The van der Waals surface area contributed by atoms with Gasteiger partial charge in [-0.15, -0.1) is 23.2 Å². The van der Waals surface area contributed by atoms with Crippen molar-refractivity contribution in [1.29, 1.82) is 0 Å². The smallest absolute Gasteiger partial charge is 0.228 e. The average molecular weight is 393 g/mol. The number of carbonyl (C=O) groups is 1. The quantitative estimate of drug-likeness (QED) is 0.634. The highest BCUT2D eigenvalue weighted by molar-refractivity contribution is 6.51. The summed E-state index contributed by atoms with van der Waals surface area (Å²) in [6.07, 6.45) is 4.17. The first-order valence-electron chi connectivity index (χ1n) is 8.03. The summed E-state index contributed by atoms with van der Waals surface area (Å²) in [5.74, 6) is 2.00. The van der Waals surface area contributed by atoms with Crippen molar-refractivity contribution in [2.24, 2.45) is 29.6 Å². The van der Waals surface area contributed by atoms with Crippen molar-refractivity contribution in [1.82, 2.24) is 0 Å². The fourth-order valence-electron chi connectivity index (χ4n) is 4.41. The molecule has 0 bridgehead atoms. The number of carbonyl (C=O) groups excluding carboxylic acids is 1. The molecule has 0 spiro atoms. The molecule has 0 aliphatic heterocycles. The fourth-order valence-corrected chi connectivity index (χ4v) is 5.63. The van der Waals surface area contributed by atoms with Crippen molar-refractivity contribution in [3.63, 3.8) is 0 Å². The predicted octanol–water partition coefficient (Wildman–Crippen LogP) is 5.79. The number of halogens is 4. The van der Waals surface area contributed by atoms with Crippen molar-refractivity contribution in [3.05, 3.63) is 28.2 Å². The summed E-state index contributed by atoms with van der Waals surface area (Å²) in [5, 5.41) is 3.91. The zero-order chi connectivity index (χ0) is 16.4. The summed E-state index contributed by atoms with van der Waals surface area (Å²) in [6, 6.07) is 5.17. The van der Waals surface area contributed by atoms with Crippen LogP contribution in [-0.4, -0.2) is 10.2 Å². The second-order valence-electron chi connectivity index (χ2n) is 7.01. The van der Waals surface area contributed by atoms with E-state index in [0.717, 1.165) is 25.7 Å². The van der Waals surface area contributed by atoms with E-state index in [-0.39, 0.29) is 11.8 Å². The van der Waals surface area contributed by atoms with E-state index >= 15 is 0 Å². The number of alkyl halides is 2. The van der Waals surface area contributed by atoms with Gasteiger partial charge in [-0.2, -0.15) is 0 Å². The Morgan fingerprint density at radius 2 is 1.61 bits per heavy atom. The molecule has 1 unspecified atom stereocenters. The molecule has 1 N–H and O–H groups in total. The Morgan fingerprint density at radius 3 is 2.17 bits per heavy atom. The van der Waals surface area contributed by atoms with Crippen LogP contribution in [0.5, 0.6) is 0 Å². The van der Waals surface area contributed by atoms with Crippen LogP contribution in [0.1, 0.15) is 25.7 Å². The lowest BCUT2D eigenvalue weighted by atomic mass is 10.0. The normalized spacial score (nSPS) is 37.0. The summed E-state index contributed by atoms with van der Waals surface area (Å²) in [7, 11) is 0. The molecule has 124 valence electrons. The van der Waals surface area contributed by atoms with Gasteiger partial charge in [-0.25, -0.2) is 0 Å². The molecule has 2 nitrogen and oxygen atoms in total. The highest BCUT2D eigenvalue weighted by Gasteiger charge is 2.65. The van der Waals surface area contributed by atoms with E-state index in [9.17, 15) is 4.79 Å². The SMILES string of the molecule is O=C(Nc1ccc(Cl)c(Cl)c1)C1[C@@H]2CC[C@@H]3[C@H](CC[C@@H]12)C3(Cl)Cl. The Morgan fingerprint density at radius 1 is 1.00 bits per heavy atom. The molecule has 0 saturated heterocycles. The molecule has 23 heavy (non-hydrogen) atoms. The molecular formula is C17H17Cl4NO. The third-order valence-corrected chi connectivity index (χ3v) is 7.67. The van der Waals surface area contributed by atoms with E-state index in [1.54, 1.807) is 18.2 Å². The van der Waals surface area contributed by atoms with Crippen molar-refractivity contribution in [2.75, 3.05) is 5.32 Å². The molecule has 1 aromatic rings. The lowest BCUT2D eigenvalue weighted by molar-refractivity contribution is -0.117. The molecule has 4 rings (SSSR count). The van der Waals surface area contributed by atoms with Crippen molar-refractivity contribution in [2.45, 2.75) is 30.0 Å². The van der Waals surface area contributed by atoms with Gasteiger partial charge in [0.15, 0.2) is 0 Å². The number of anilines is 1. The molecule has 1 aromatic carbocycles. The lowest BCUT2D eigenvalue weighted by Gasteiger charge is -2.06. The van der Waals surface area contributed by atoms with Gasteiger partial charge in [0.25, 0.3) is 0 Å². The van der Waals surface area contributed by atoms with Crippen LogP contribution in [0, 0.1) is 29.6 Å². The summed E-state index contributed by atoms with van der Waals surface area (Å²) in [4.78, 5) is 12.5. The summed E-state index contributed by atoms with van der Waals surface area (Å²) >= 11 is 24.5. The van der Waals surface area contributed by atoms with Gasteiger partial charge in [0, 0.05) is 11.6 Å². The minimum Gasteiger partial charge on any atom is -0.326 e. The van der Waals surface area contributed by atoms with Gasteiger partial charge in [-0.1, -0.05) is 23.2 Å². The monoisotopic (exact) mass is 391 g/mol. The van der Waals surface area contributed by atoms with E-state index < -0.39 is 4.33 Å². The molecule has 3 fully saturated rings. The Balaban J connectivity index is 1.38. The maximum Gasteiger partial charge on any atom is 0.228 e. The van der Waals surface area contributed by atoms with E-state index in [2.05, 4.69) is 5.32 Å². The molecule has 6 heteroatoms. The Hall–Kier alpha value is -0.150. The number of hydrogen-bond acceptors (Lipinski definition) is 1. The molecule has 0 aromatic heterocycles. The first kappa shape index (κ1) is 16.3. The number of fused-ring (bicyclic) bond motifs is 2. The summed E-state index contributed by atoms with van der Waals surface area (Å²) in [5.41, 5.74) is 0.701. The largest absolute Gasteiger partial charge is 0.326 e. The molecule has 3 saturated carbocycles. The van der Waals surface area contributed by atoms with Gasteiger partial charge in [-0.05, 0) is 67.6 Å². The van der Waals surface area contributed by atoms with Crippen LogP contribution < -0.4 is 5.32 Å². The van der Waals surface area contributed by atoms with Crippen LogP contribution >= 0.6 is 46.4 Å². The second-order valence-corrected chi connectivity index (χ2v) is 9.27. The highest BCUT2D eigenvalue weighted by Crippen LogP contribution is 2.67. The maximum atomic E-state index is 12.5. The van der Waals surface area contributed by atoms with Crippen LogP contribution in [0.3, 0.4) is 0 Å². The van der Waals surface area contributed by atoms with Crippen molar-refractivity contribution in [3.8, 4) is 0 Å². The zero-order valence-corrected chi connectivity index (χ0v) is 15.4. The van der Waals surface area contributed by atoms with Gasteiger partial charge < -0.3 is 5.32 Å². The third kappa shape index (κ3) is 2.86. The topological polar surface area (TPSA) is 29.1 Å². The first-order chi connectivity index (χ1) is 10.9. The average Bonchev–Trinajstić information content (AvgIpc) is 3.27. The maximum absolute atomic E-state index is 12.5. The predicted molar refractivity (Wildman–Crippen MR) is 95.4 cm³/mol. The van der Waals surface area contributed by atoms with Crippen molar-refractivity contribution >= 4 is 58.0 Å². The number of rotatable bonds is 2. The van der Waals surface area contributed by atoms with Gasteiger partial charge in [0.05, 0.1) is 10.0 Å². The van der Waals surface area contributed by atoms with Crippen LogP contribution in [0.4, 0.5) is 5.69 Å². The van der Waals surface area contributed by atoms with Gasteiger partial charge >= 0.3 is 0 Å². The minimum atomic E-state index is -0.505. The summed E-state index contributed by atoms with van der Waals surface area (Å²) < 4.78 is -0.505. The molecule has 0 heterocycles. The number of benzene rings is 1. The van der Waals surface area contributed by atoms with E-state index in [0.29, 0.717) is 39.4 Å². The Labute approximate surface area is 155 Å². The van der Waals surface area contributed by atoms with E-state index in [1.807, 2.05) is 0 Å². The number of nitrogens with one attached hydrogen (secondary N) is 1. The first-order valence-corrected chi connectivity index (χ1v) is 9.54. The molecule has 0 radical (unpaired) electrons. The van der Waals surface area contributed by atoms with E-state index in [1.165, 1.54) is 0 Å². The Bertz CT molecular complexity index is 640. The highest BCUT2D eigenvalue weighted by atomic mass is 35.5. The Kier molecular flexibility index (Phi) is 4.04. The standard InChI is InChI=1S/C17H17Cl4NO/c18-13-6-1-8(7-14(13)19)22-16(23)15-9-2-4-11-12(17(11,20)21)5-3-10(9)15/h1,6-7,9-12,15H,2-5H2,(H,22,23)/t9-,10-,11-,12+,15?/m1/s1. The van der Waals surface area contributed by atoms with Crippen LogP contribution in [0.2, 0.25) is 10.0 Å². The number of hydrogen-bond donors (Lipinski definition) is 1. The number of amides is 1. The van der Waals surface area contributed by atoms with E-state index in [4.69, 9.17) is 46.4 Å². The summed E-state index contributed by atoms with van der Waals surface area (Å²) in [6.45, 7) is 0. The molecule has 5 atom stereocenters. The lowest BCUT2D eigenvalue weighted by Crippen LogP contribution is -2.15. The van der Waals surface area contributed by atoms with Gasteiger partial charge in [0.1, 0.15) is 4.33 Å². The molecule has 1 amide bonds. The fraction of sp³-hybridized carbons (Fsp3) is 0.588. The molecule has 3 aliphatic carbocycles. The van der Waals surface area contributed by atoms with Gasteiger partial charge in [0.2, 0.25) is 5.91 Å².